The molecule has 0 amide bonds. The molecule has 0 atom stereocenters. The van der Waals surface area contributed by atoms with Crippen molar-refractivity contribution in [2.24, 2.45) is 5.73 Å². The van der Waals surface area contributed by atoms with E-state index in [1.807, 2.05) is 133 Å². The number of halogens is 7. The molecule has 1 fully saturated rings. The lowest BCUT2D eigenvalue weighted by molar-refractivity contribution is 0.00578. The smallest absolute Gasteiger partial charge is 0.398 e. The van der Waals surface area contributed by atoms with E-state index in [1.165, 1.54) is 36.4 Å². The van der Waals surface area contributed by atoms with Crippen LogP contribution >= 0.6 is 47.2 Å². The van der Waals surface area contributed by atoms with E-state index < -0.39 is 23.9 Å². The molecule has 1 saturated heterocycles. The van der Waals surface area contributed by atoms with Crippen LogP contribution < -0.4 is 16.6 Å². The van der Waals surface area contributed by atoms with Crippen LogP contribution in [0.2, 0.25) is 15.5 Å². The van der Waals surface area contributed by atoms with Gasteiger partial charge in [-0.25, -0.2) is 28.1 Å². The van der Waals surface area contributed by atoms with E-state index in [4.69, 9.17) is 49.8 Å². The number of aliphatic hydroxyl groups is 2. The Morgan fingerprint density at radius 1 is 0.543 bits per heavy atom. The van der Waals surface area contributed by atoms with E-state index in [9.17, 15) is 23.4 Å². The molecule has 1 aliphatic rings. The number of hydrogen-bond donors (Lipinski definition) is 4. The number of pyridine rings is 2. The maximum absolute atomic E-state index is 13.2. The van der Waals surface area contributed by atoms with Crippen molar-refractivity contribution >= 4 is 65.7 Å². The van der Waals surface area contributed by atoms with E-state index in [0.29, 0.717) is 49.6 Å². The van der Waals surface area contributed by atoms with Crippen LogP contribution in [0.3, 0.4) is 0 Å². The summed E-state index contributed by atoms with van der Waals surface area (Å²) in [5.74, 6) is -0.127. The highest BCUT2D eigenvalue weighted by atomic mass is 35.5. The minimum atomic E-state index is -0.538. The third-order valence-electron chi connectivity index (χ3n) is 14.8. The normalized spacial score (nSPS) is 13.2. The van der Waals surface area contributed by atoms with Gasteiger partial charge in [-0.05, 0) is 188 Å². The van der Waals surface area contributed by atoms with Crippen molar-refractivity contribution in [3.8, 4) is 22.8 Å². The Bertz CT molecular complexity index is 3930. The van der Waals surface area contributed by atoms with Crippen LogP contribution in [-0.4, -0.2) is 88.2 Å². The Labute approximate surface area is 558 Å². The van der Waals surface area contributed by atoms with Crippen LogP contribution in [0.25, 0.3) is 22.8 Å². The summed E-state index contributed by atoms with van der Waals surface area (Å²) < 4.78 is 54.3. The number of aryl methyl sites for hydroxylation is 2. The summed E-state index contributed by atoms with van der Waals surface area (Å²) in [4.78, 5) is 17.5. The number of nitrogens with one attached hydrogen (secondary N) is 1. The van der Waals surface area contributed by atoms with E-state index in [0.717, 1.165) is 51.6 Å². The lowest BCUT2D eigenvalue weighted by atomic mass is 9.80. The fourth-order valence-electron chi connectivity index (χ4n) is 8.92. The summed E-state index contributed by atoms with van der Waals surface area (Å²) in [6.45, 7) is 23.4. The number of aromatic nitrogens is 12. The van der Waals surface area contributed by atoms with E-state index >= 15 is 0 Å². The molecule has 0 radical (unpaired) electrons. The average Bonchev–Trinajstić information content (AvgIpc) is 1.61. The van der Waals surface area contributed by atoms with Crippen molar-refractivity contribution in [2.75, 3.05) is 5.32 Å². The van der Waals surface area contributed by atoms with Gasteiger partial charge in [0.1, 0.15) is 29.0 Å². The van der Waals surface area contributed by atoms with Gasteiger partial charge in [0.25, 0.3) is 0 Å². The highest BCUT2D eigenvalue weighted by Crippen LogP contribution is 2.37. The quantitative estimate of drug-likeness (QED) is 0.0785. The van der Waals surface area contributed by atoms with Crippen LogP contribution in [0.15, 0.2) is 159 Å². The number of aliphatic hydroxyl groups excluding tert-OH is 2. The molecule has 92 heavy (non-hydrogen) atoms. The zero-order valence-corrected chi connectivity index (χ0v) is 56.1. The van der Waals surface area contributed by atoms with Gasteiger partial charge in [-0.1, -0.05) is 85.0 Å². The van der Waals surface area contributed by atoms with Gasteiger partial charge in [-0.2, -0.15) is 5.10 Å². The number of benzene rings is 3. The van der Waals surface area contributed by atoms with E-state index in [-0.39, 0.29) is 56.9 Å². The van der Waals surface area contributed by atoms with Gasteiger partial charge in [-0.15, -0.1) is 37.9 Å². The van der Waals surface area contributed by atoms with Crippen molar-refractivity contribution < 1.29 is 35.5 Å². The molecule has 18 nitrogen and oxygen atoms in total. The Morgan fingerprint density at radius 3 is 1.39 bits per heavy atom. The monoisotopic (exact) mass is 1340 g/mol. The van der Waals surface area contributed by atoms with Crippen LogP contribution in [0, 0.1) is 31.3 Å². The first-order valence-corrected chi connectivity index (χ1v) is 29.9. The van der Waals surface area contributed by atoms with Crippen molar-refractivity contribution in [3.05, 3.63) is 237 Å². The molecular formula is C66H78BCl4F3N14O4. The zero-order chi connectivity index (χ0) is 66.5. The fourth-order valence-corrected chi connectivity index (χ4v) is 9.22. The van der Waals surface area contributed by atoms with E-state index in [2.05, 4.69) is 69.7 Å². The molecule has 10 aromatic rings. The first kappa shape index (κ1) is 73.3. The topological polar surface area (TPSA) is 236 Å². The lowest BCUT2D eigenvalue weighted by Gasteiger charge is -2.32. The van der Waals surface area contributed by atoms with Gasteiger partial charge in [0, 0.05) is 27.2 Å². The summed E-state index contributed by atoms with van der Waals surface area (Å²) >= 11 is 16.5. The molecule has 5 N–H and O–H groups in total. The number of nitrogens with zero attached hydrogens (tertiary/aromatic N) is 12. The Hall–Kier alpha value is -7.77. The fraction of sp³-hybridized carbons (Fsp3) is 0.303. The number of imidazole rings is 2. The lowest BCUT2D eigenvalue weighted by Crippen LogP contribution is -2.41. The molecule has 0 aliphatic carbocycles. The maximum Gasteiger partial charge on any atom is 0.514 e. The second-order valence-corrected chi connectivity index (χ2v) is 25.2. The Kier molecular flexibility index (Phi) is 25.3. The average molecular weight is 1340 g/mol. The summed E-state index contributed by atoms with van der Waals surface area (Å²) in [5.41, 5.74) is 14.1. The SMILES string of the molecule is CC(C)(Cc1ccc(Cl)nn1)c1ccc(F)cc1.CC(C)(N)c1ccc(F)cc1.Cc1cn(-c2ccc(-c3ccc(NC(C)(C)c4ccc(F)cc4)nn3)nc2CO)cn1.Cc1cn(-c2ccc(B3OC(C)(C)C(C)(C)O3)nc2CO)cn1.Cl.Clc1ccc(Cl)nn1.[HH].[HH]. The standard InChI is InChI=1S/C23H23FN6O.C16H22BN3O3.C14H14ClFN2.C9H12FN.C4H2Cl2N2.ClH.2H2/c1-15-12-30(14-25-15)21-10-8-18(26-20(21)13-31)19-9-11-22(29-28-19)27-23(2,3)16-4-6-17(24)7-5-16;1-11-8-20(10-18-11)13-6-7-14(19-12(13)9-21)17-22-15(2,3)16(4,5)23-17;1-14(2,10-3-5-11(16)6-4-10)9-12-7-8-13(15)18-17-12;1-9(2,11)7-3-5-8(10)6-4-7;5-3-1-2-4(6)8-7-3;;;/h4-12,14,31H,13H2,1-3H3,(H,27,29);6-8,10,21H,9H2,1-5H3;3-8H,9H2,1-2H3;3-6H,11H2,1-2H3;1-2H;3*1H. The maximum atomic E-state index is 13.2. The first-order valence-electron chi connectivity index (χ1n) is 28.8. The molecule has 11 rings (SSSR count). The van der Waals surface area contributed by atoms with E-state index in [1.54, 1.807) is 67.3 Å². The number of hydrogen-bond acceptors (Lipinski definition) is 16. The van der Waals surface area contributed by atoms with Gasteiger partial charge < -0.3 is 39.7 Å². The number of anilines is 1. The highest BCUT2D eigenvalue weighted by molar-refractivity contribution is 6.61. The Balaban J connectivity index is 0.000000265. The molecule has 8 heterocycles. The zero-order valence-electron chi connectivity index (χ0n) is 53.0. The summed E-state index contributed by atoms with van der Waals surface area (Å²) in [6.07, 6.45) is 7.89. The summed E-state index contributed by atoms with van der Waals surface area (Å²) in [6, 6.07) is 37.0. The van der Waals surface area contributed by atoms with Crippen molar-refractivity contribution in [1.29, 1.82) is 0 Å². The minimum Gasteiger partial charge on any atom is -0.398 e. The highest BCUT2D eigenvalue weighted by Gasteiger charge is 2.52. The van der Waals surface area contributed by atoms with Crippen LogP contribution in [-0.2, 0) is 45.4 Å². The molecule has 1 aliphatic heterocycles. The predicted molar refractivity (Wildman–Crippen MR) is 361 cm³/mol. The third-order valence-corrected chi connectivity index (χ3v) is 15.4. The second kappa shape index (κ2) is 31.7. The summed E-state index contributed by atoms with van der Waals surface area (Å²) in [5, 5.41) is 47.2. The molecule has 3 aromatic carbocycles. The van der Waals surface area contributed by atoms with Crippen LogP contribution in [0.1, 0.15) is 117 Å². The largest absolute Gasteiger partial charge is 0.514 e. The molecule has 0 bridgehead atoms. The molecule has 7 aromatic heterocycles. The molecule has 0 spiro atoms. The number of rotatable bonds is 13. The molecule has 0 unspecified atom stereocenters. The third kappa shape index (κ3) is 20.4. The van der Waals surface area contributed by atoms with Crippen LogP contribution in [0.4, 0.5) is 19.0 Å². The number of nitrogens with two attached hydrogens (primary N) is 1. The molecular weight excluding hydrogens is 1260 g/mol. The molecule has 26 heteroatoms. The summed E-state index contributed by atoms with van der Waals surface area (Å²) in [7, 11) is -0.538. The second-order valence-electron chi connectivity index (χ2n) is 24.0. The first-order chi connectivity index (χ1) is 42.8. The van der Waals surface area contributed by atoms with Gasteiger partial charge in [0.2, 0.25) is 0 Å². The van der Waals surface area contributed by atoms with Crippen molar-refractivity contribution in [1.82, 2.24) is 59.7 Å². The predicted octanol–water partition coefficient (Wildman–Crippen LogP) is 13.9. The van der Waals surface area contributed by atoms with Crippen LogP contribution in [0.5, 0.6) is 0 Å². The molecule has 488 valence electrons. The van der Waals surface area contributed by atoms with Crippen molar-refractivity contribution in [2.45, 2.75) is 130 Å². The minimum absolute atomic E-state index is 0. The van der Waals surface area contributed by atoms with Gasteiger partial charge in [0.05, 0.1) is 93.7 Å². The molecule has 0 saturated carbocycles. The van der Waals surface area contributed by atoms with Crippen molar-refractivity contribution in [3.63, 3.8) is 0 Å². The van der Waals surface area contributed by atoms with Gasteiger partial charge in [0.15, 0.2) is 15.5 Å². The van der Waals surface area contributed by atoms with Gasteiger partial charge >= 0.3 is 7.12 Å². The Morgan fingerprint density at radius 2 is 0.978 bits per heavy atom. The van der Waals surface area contributed by atoms with Gasteiger partial charge in [-0.3, -0.25) is 4.98 Å².